The second kappa shape index (κ2) is 7.45. The predicted octanol–water partition coefficient (Wildman–Crippen LogP) is 3.58. The largest absolute Gasteiger partial charge is 0.335 e. The second-order valence-electron chi connectivity index (χ2n) is 7.00. The molecule has 1 aliphatic rings. The van der Waals surface area contributed by atoms with E-state index in [9.17, 15) is 9.59 Å². The van der Waals surface area contributed by atoms with Crippen molar-refractivity contribution in [1.29, 1.82) is 0 Å². The fourth-order valence-electron chi connectivity index (χ4n) is 3.44. The van der Waals surface area contributed by atoms with Gasteiger partial charge in [-0.1, -0.05) is 12.2 Å². The van der Waals surface area contributed by atoms with Crippen LogP contribution in [0.2, 0.25) is 0 Å². The fourth-order valence-corrected chi connectivity index (χ4v) is 4.46. The maximum Gasteiger partial charge on any atom is 0.270 e. The van der Waals surface area contributed by atoms with E-state index in [1.807, 2.05) is 40.8 Å². The number of nitrogens with zero attached hydrogens (tertiary/aromatic N) is 3. The quantitative estimate of drug-likeness (QED) is 0.588. The summed E-state index contributed by atoms with van der Waals surface area (Å²) in [6, 6.07) is 3.94. The molecule has 3 heterocycles. The third kappa shape index (κ3) is 3.53. The topological polar surface area (TPSA) is 45.6 Å². The first-order valence-electron chi connectivity index (χ1n) is 8.74. The molecule has 1 aliphatic heterocycles. The number of halogens is 1. The molecule has 0 saturated carbocycles. The van der Waals surface area contributed by atoms with E-state index in [0.29, 0.717) is 31.9 Å². The van der Waals surface area contributed by atoms with Crippen molar-refractivity contribution in [2.75, 3.05) is 19.6 Å². The lowest BCUT2D eigenvalue weighted by Crippen LogP contribution is -2.56. The first-order valence-corrected chi connectivity index (χ1v) is 10.1. The van der Waals surface area contributed by atoms with Gasteiger partial charge in [0, 0.05) is 37.6 Å². The summed E-state index contributed by atoms with van der Waals surface area (Å²) in [7, 11) is 0. The van der Waals surface area contributed by atoms with E-state index >= 15 is 0 Å². The van der Waals surface area contributed by atoms with Gasteiger partial charge >= 0.3 is 0 Å². The molecule has 1 fully saturated rings. The molecule has 5 nitrogen and oxygen atoms in total. The van der Waals surface area contributed by atoms with Crippen LogP contribution in [0.5, 0.6) is 0 Å². The van der Waals surface area contributed by atoms with E-state index in [-0.39, 0.29) is 17.9 Å². The Morgan fingerprint density at radius 2 is 2.15 bits per heavy atom. The Morgan fingerprint density at radius 1 is 1.42 bits per heavy atom. The van der Waals surface area contributed by atoms with Crippen molar-refractivity contribution < 1.29 is 9.59 Å². The van der Waals surface area contributed by atoms with Gasteiger partial charge in [-0.25, -0.2) is 0 Å². The Kier molecular flexibility index (Phi) is 5.44. The molecule has 0 bridgehead atoms. The number of carbonyl (C=O) groups is 2. The van der Waals surface area contributed by atoms with Crippen LogP contribution >= 0.6 is 22.9 Å². The van der Waals surface area contributed by atoms with Gasteiger partial charge in [-0.2, -0.15) is 0 Å². The van der Waals surface area contributed by atoms with Crippen LogP contribution in [0, 0.1) is 0 Å². The van der Waals surface area contributed by atoms with Gasteiger partial charge in [-0.15, -0.1) is 22.9 Å². The maximum atomic E-state index is 13.2. The van der Waals surface area contributed by atoms with Crippen LogP contribution in [0.15, 0.2) is 29.7 Å². The summed E-state index contributed by atoms with van der Waals surface area (Å²) >= 11 is 7.57. The zero-order valence-corrected chi connectivity index (χ0v) is 16.9. The normalized spacial score (nSPS) is 19.0. The highest BCUT2D eigenvalue weighted by molar-refractivity contribution is 7.16. The van der Waals surface area contributed by atoms with E-state index in [1.54, 1.807) is 23.2 Å². The number of fused-ring (bicyclic) bond motifs is 1. The van der Waals surface area contributed by atoms with Crippen LogP contribution in [-0.4, -0.2) is 57.2 Å². The van der Waals surface area contributed by atoms with Crippen LogP contribution in [0.1, 0.15) is 31.3 Å². The third-order valence-electron chi connectivity index (χ3n) is 4.69. The molecule has 0 aliphatic carbocycles. The highest BCUT2D eigenvalue weighted by Crippen LogP contribution is 2.27. The molecule has 0 unspecified atom stereocenters. The van der Waals surface area contributed by atoms with Crippen molar-refractivity contribution in [3.63, 3.8) is 0 Å². The van der Waals surface area contributed by atoms with Gasteiger partial charge in [0.1, 0.15) is 15.9 Å². The summed E-state index contributed by atoms with van der Waals surface area (Å²) in [6.07, 6.45) is 0. The van der Waals surface area contributed by atoms with Crippen molar-refractivity contribution in [2.45, 2.75) is 38.7 Å². The molecule has 0 radical (unpaired) electrons. The van der Waals surface area contributed by atoms with Crippen molar-refractivity contribution in [3.8, 4) is 0 Å². The Morgan fingerprint density at radius 3 is 2.77 bits per heavy atom. The number of allylic oxidation sites excluding steroid dienone is 1. The summed E-state index contributed by atoms with van der Waals surface area (Å²) in [4.78, 5) is 30.1. The lowest BCUT2D eigenvalue weighted by atomic mass is 10.1. The molecule has 3 rings (SSSR count). The summed E-state index contributed by atoms with van der Waals surface area (Å²) in [5, 5.41) is 2.57. The number of hydrogen-bond acceptors (Lipinski definition) is 3. The van der Waals surface area contributed by atoms with Crippen molar-refractivity contribution in [3.05, 3.63) is 35.4 Å². The molecular weight excluding hydrogens is 370 g/mol. The number of rotatable bonds is 4. The van der Waals surface area contributed by atoms with Gasteiger partial charge in [0.05, 0.1) is 0 Å². The van der Waals surface area contributed by atoms with Gasteiger partial charge < -0.3 is 14.4 Å². The number of thiophene rings is 1. The highest BCUT2D eigenvalue weighted by atomic mass is 35.5. The standard InChI is InChI=1S/C19H24ClN3O2S/c1-12(2)10-23-16(9-15-5-8-26-19(15)23)18(25)21-6-7-22(13(3)11-21)17(24)14(4)20/h5,8-9,13-14H,1,6-7,10-11H2,2-4H3/t13-,14+/m1/s1. The summed E-state index contributed by atoms with van der Waals surface area (Å²) in [5.74, 6) is -0.0649. The Balaban J connectivity index is 1.82. The van der Waals surface area contributed by atoms with E-state index in [1.165, 1.54) is 0 Å². The van der Waals surface area contributed by atoms with Gasteiger partial charge in [0.15, 0.2) is 0 Å². The maximum absolute atomic E-state index is 13.2. The molecule has 2 amide bonds. The minimum atomic E-state index is -0.542. The third-order valence-corrected chi connectivity index (χ3v) is 5.83. The Bertz CT molecular complexity index is 854. The van der Waals surface area contributed by atoms with Crippen molar-refractivity contribution >= 4 is 45.0 Å². The molecule has 0 aromatic carbocycles. The number of aromatic nitrogens is 1. The minimum absolute atomic E-state index is 0.00696. The van der Waals surface area contributed by atoms with Crippen LogP contribution in [0.4, 0.5) is 0 Å². The summed E-state index contributed by atoms with van der Waals surface area (Å²) in [6.45, 7) is 11.8. The molecule has 7 heteroatoms. The summed E-state index contributed by atoms with van der Waals surface area (Å²) in [5.41, 5.74) is 1.69. The van der Waals surface area contributed by atoms with Crippen LogP contribution in [-0.2, 0) is 11.3 Å². The van der Waals surface area contributed by atoms with E-state index in [4.69, 9.17) is 11.6 Å². The van der Waals surface area contributed by atoms with Gasteiger partial charge in [-0.05, 0) is 38.3 Å². The highest BCUT2D eigenvalue weighted by Gasteiger charge is 2.32. The number of carbonyl (C=O) groups excluding carboxylic acids is 2. The molecule has 2 aromatic rings. The minimum Gasteiger partial charge on any atom is -0.335 e. The molecule has 140 valence electrons. The zero-order chi connectivity index (χ0) is 19.0. The average Bonchev–Trinajstić information content (AvgIpc) is 3.15. The lowest BCUT2D eigenvalue weighted by Gasteiger charge is -2.40. The summed E-state index contributed by atoms with van der Waals surface area (Å²) < 4.78 is 2.05. The number of piperazine rings is 1. The van der Waals surface area contributed by atoms with E-state index < -0.39 is 5.38 Å². The van der Waals surface area contributed by atoms with Gasteiger partial charge in [0.2, 0.25) is 5.91 Å². The molecule has 26 heavy (non-hydrogen) atoms. The molecule has 2 aromatic heterocycles. The molecule has 0 spiro atoms. The van der Waals surface area contributed by atoms with E-state index in [0.717, 1.165) is 15.8 Å². The molecule has 1 saturated heterocycles. The number of hydrogen-bond donors (Lipinski definition) is 0. The molecule has 2 atom stereocenters. The Labute approximate surface area is 162 Å². The first-order chi connectivity index (χ1) is 12.3. The van der Waals surface area contributed by atoms with Crippen molar-refractivity contribution in [1.82, 2.24) is 14.4 Å². The van der Waals surface area contributed by atoms with Crippen LogP contribution < -0.4 is 0 Å². The fraction of sp³-hybridized carbons (Fsp3) is 0.474. The smallest absolute Gasteiger partial charge is 0.270 e. The van der Waals surface area contributed by atoms with Crippen LogP contribution in [0.3, 0.4) is 0 Å². The molecular formula is C19H24ClN3O2S. The number of amides is 2. The zero-order valence-electron chi connectivity index (χ0n) is 15.4. The first kappa shape index (κ1) is 19.0. The lowest BCUT2D eigenvalue weighted by molar-refractivity contribution is -0.134. The SMILES string of the molecule is C=C(C)Cn1c(C(=O)N2CCN(C(=O)[C@H](C)Cl)[C@H](C)C2)cc2ccsc21. The van der Waals surface area contributed by atoms with E-state index in [2.05, 4.69) is 6.58 Å². The predicted molar refractivity (Wildman–Crippen MR) is 107 cm³/mol. The number of alkyl halides is 1. The van der Waals surface area contributed by atoms with Crippen LogP contribution in [0.25, 0.3) is 10.2 Å². The average molecular weight is 394 g/mol. The molecule has 0 N–H and O–H groups in total. The van der Waals surface area contributed by atoms with Gasteiger partial charge in [-0.3, -0.25) is 9.59 Å². The second-order valence-corrected chi connectivity index (χ2v) is 8.55. The monoisotopic (exact) mass is 393 g/mol. The van der Waals surface area contributed by atoms with Gasteiger partial charge in [0.25, 0.3) is 5.91 Å². The Hall–Kier alpha value is -1.79. The van der Waals surface area contributed by atoms with Crippen molar-refractivity contribution in [2.24, 2.45) is 0 Å².